The number of halogens is 1. The van der Waals surface area contributed by atoms with Crippen molar-refractivity contribution in [2.75, 3.05) is 11.8 Å². The van der Waals surface area contributed by atoms with E-state index in [4.69, 9.17) is 16.3 Å². The van der Waals surface area contributed by atoms with Crippen LogP contribution in [0.1, 0.15) is 16.7 Å². The number of hydrogen-bond donors (Lipinski definition) is 1. The summed E-state index contributed by atoms with van der Waals surface area (Å²) in [4.78, 5) is 0.227. The van der Waals surface area contributed by atoms with Crippen LogP contribution in [0.3, 0.4) is 0 Å². The Labute approximate surface area is 136 Å². The van der Waals surface area contributed by atoms with Crippen molar-refractivity contribution in [3.63, 3.8) is 0 Å². The lowest BCUT2D eigenvalue weighted by Crippen LogP contribution is -2.15. The lowest BCUT2D eigenvalue weighted by molar-refractivity contribution is 0.411. The highest BCUT2D eigenvalue weighted by Crippen LogP contribution is 2.30. The molecular formula is C16H18ClNO3S. The predicted octanol–water partition coefficient (Wildman–Crippen LogP) is 4.07. The van der Waals surface area contributed by atoms with Crippen molar-refractivity contribution in [1.29, 1.82) is 0 Å². The van der Waals surface area contributed by atoms with Gasteiger partial charge in [-0.15, -0.1) is 0 Å². The number of methoxy groups -OCH3 is 1. The molecule has 0 atom stereocenters. The van der Waals surface area contributed by atoms with Crippen molar-refractivity contribution in [3.05, 3.63) is 52.0 Å². The van der Waals surface area contributed by atoms with Crippen LogP contribution in [0.5, 0.6) is 5.75 Å². The highest BCUT2D eigenvalue weighted by molar-refractivity contribution is 7.92. The molecule has 2 aromatic rings. The van der Waals surface area contributed by atoms with Gasteiger partial charge in [-0.2, -0.15) is 0 Å². The number of rotatable bonds is 4. The van der Waals surface area contributed by atoms with Crippen LogP contribution in [0.25, 0.3) is 0 Å². The van der Waals surface area contributed by atoms with Gasteiger partial charge in [0.15, 0.2) is 0 Å². The summed E-state index contributed by atoms with van der Waals surface area (Å²) >= 11 is 6.03. The molecule has 4 nitrogen and oxygen atoms in total. The van der Waals surface area contributed by atoms with E-state index in [2.05, 4.69) is 4.72 Å². The Bertz CT molecular complexity index is 816. The average Bonchev–Trinajstić information content (AvgIpc) is 2.46. The molecule has 6 heteroatoms. The van der Waals surface area contributed by atoms with E-state index >= 15 is 0 Å². The largest absolute Gasteiger partial charge is 0.496 e. The normalized spacial score (nSPS) is 11.3. The van der Waals surface area contributed by atoms with E-state index in [1.807, 2.05) is 6.92 Å². The highest BCUT2D eigenvalue weighted by Gasteiger charge is 2.20. The summed E-state index contributed by atoms with van der Waals surface area (Å²) in [6.07, 6.45) is 0. The first kappa shape index (κ1) is 16.6. The molecule has 0 heterocycles. The zero-order valence-corrected chi connectivity index (χ0v) is 14.5. The van der Waals surface area contributed by atoms with Crippen LogP contribution in [0.2, 0.25) is 5.02 Å². The van der Waals surface area contributed by atoms with Crippen molar-refractivity contribution in [1.82, 2.24) is 0 Å². The molecule has 0 aliphatic rings. The maximum absolute atomic E-state index is 12.6. The summed E-state index contributed by atoms with van der Waals surface area (Å²) in [5.41, 5.74) is 2.62. The fourth-order valence-electron chi connectivity index (χ4n) is 2.20. The van der Waals surface area contributed by atoms with Crippen LogP contribution in [-0.4, -0.2) is 15.5 Å². The minimum absolute atomic E-state index is 0.227. The summed E-state index contributed by atoms with van der Waals surface area (Å²) in [5.74, 6) is 0.662. The first-order chi connectivity index (χ1) is 10.3. The Hall–Kier alpha value is -1.72. The summed E-state index contributed by atoms with van der Waals surface area (Å²) in [7, 11) is -2.14. The minimum Gasteiger partial charge on any atom is -0.496 e. The number of benzene rings is 2. The monoisotopic (exact) mass is 339 g/mol. The van der Waals surface area contributed by atoms with Gasteiger partial charge in [-0.1, -0.05) is 17.7 Å². The molecule has 1 N–H and O–H groups in total. The Balaban J connectivity index is 2.48. The Morgan fingerprint density at radius 3 is 2.32 bits per heavy atom. The van der Waals surface area contributed by atoms with E-state index < -0.39 is 10.0 Å². The van der Waals surface area contributed by atoms with E-state index in [-0.39, 0.29) is 4.90 Å². The summed E-state index contributed by atoms with van der Waals surface area (Å²) in [5, 5.41) is 0.517. The van der Waals surface area contributed by atoms with Crippen molar-refractivity contribution in [3.8, 4) is 5.75 Å². The standard InChI is InChI=1S/C16H18ClNO3S/c1-10-11(2)16(9-8-15(10)21-4)22(19,20)18-14-7-5-6-13(17)12(14)3/h5-9,18H,1-4H3. The molecule has 2 rings (SSSR count). The van der Waals surface area contributed by atoms with Gasteiger partial charge in [-0.25, -0.2) is 8.42 Å². The third kappa shape index (κ3) is 3.05. The number of nitrogens with one attached hydrogen (secondary N) is 1. The van der Waals surface area contributed by atoms with Gasteiger partial charge in [-0.3, -0.25) is 4.72 Å². The molecule has 0 aliphatic heterocycles. The van der Waals surface area contributed by atoms with Gasteiger partial charge in [0.2, 0.25) is 0 Å². The topological polar surface area (TPSA) is 55.4 Å². The molecule has 0 bridgehead atoms. The van der Waals surface area contributed by atoms with Crippen LogP contribution in [0, 0.1) is 20.8 Å². The third-order valence-electron chi connectivity index (χ3n) is 3.71. The van der Waals surface area contributed by atoms with Crippen LogP contribution in [0.15, 0.2) is 35.2 Å². The van der Waals surface area contributed by atoms with Crippen molar-refractivity contribution in [2.45, 2.75) is 25.7 Å². The molecular weight excluding hydrogens is 322 g/mol. The molecule has 0 aromatic heterocycles. The second kappa shape index (κ2) is 6.18. The van der Waals surface area contributed by atoms with E-state index in [0.717, 1.165) is 5.56 Å². The number of hydrogen-bond acceptors (Lipinski definition) is 3. The van der Waals surface area contributed by atoms with Gasteiger partial charge in [0.1, 0.15) is 5.75 Å². The summed E-state index contributed by atoms with van der Waals surface area (Å²) in [6, 6.07) is 8.31. The zero-order chi connectivity index (χ0) is 16.5. The van der Waals surface area contributed by atoms with E-state index in [0.29, 0.717) is 27.6 Å². The molecule has 0 unspecified atom stereocenters. The lowest BCUT2D eigenvalue weighted by atomic mass is 10.1. The van der Waals surface area contributed by atoms with Gasteiger partial charge in [-0.05, 0) is 61.7 Å². The SMILES string of the molecule is COc1ccc(S(=O)(=O)Nc2cccc(Cl)c2C)c(C)c1C. The lowest BCUT2D eigenvalue weighted by Gasteiger charge is -2.15. The third-order valence-corrected chi connectivity index (χ3v) is 5.63. The minimum atomic E-state index is -3.69. The molecule has 0 amide bonds. The molecule has 0 spiro atoms. The Morgan fingerprint density at radius 1 is 1.00 bits per heavy atom. The Kier molecular flexibility index (Phi) is 4.68. The highest BCUT2D eigenvalue weighted by atomic mass is 35.5. The van der Waals surface area contributed by atoms with Crippen LogP contribution >= 0.6 is 11.6 Å². The zero-order valence-electron chi connectivity index (χ0n) is 12.9. The fourth-order valence-corrected chi connectivity index (χ4v) is 3.80. The smallest absolute Gasteiger partial charge is 0.262 e. The summed E-state index contributed by atoms with van der Waals surface area (Å²) < 4.78 is 33.1. The number of ether oxygens (including phenoxy) is 1. The first-order valence-electron chi connectivity index (χ1n) is 6.70. The van der Waals surface area contributed by atoms with Gasteiger partial charge in [0.25, 0.3) is 10.0 Å². The van der Waals surface area contributed by atoms with E-state index in [9.17, 15) is 8.42 Å². The van der Waals surface area contributed by atoms with Crippen molar-refractivity contribution >= 4 is 27.3 Å². The second-order valence-electron chi connectivity index (χ2n) is 5.03. The molecule has 0 radical (unpaired) electrons. The molecule has 22 heavy (non-hydrogen) atoms. The first-order valence-corrected chi connectivity index (χ1v) is 8.56. The molecule has 118 valence electrons. The Morgan fingerprint density at radius 2 is 1.68 bits per heavy atom. The number of sulfonamides is 1. The molecule has 2 aromatic carbocycles. The van der Waals surface area contributed by atoms with Gasteiger partial charge in [0, 0.05) is 5.02 Å². The van der Waals surface area contributed by atoms with Gasteiger partial charge >= 0.3 is 0 Å². The molecule has 0 saturated carbocycles. The fraction of sp³-hybridized carbons (Fsp3) is 0.250. The molecule has 0 fully saturated rings. The van der Waals surface area contributed by atoms with Crippen molar-refractivity contribution < 1.29 is 13.2 Å². The molecule has 0 saturated heterocycles. The van der Waals surface area contributed by atoms with Crippen molar-refractivity contribution in [2.24, 2.45) is 0 Å². The maximum Gasteiger partial charge on any atom is 0.262 e. The molecule has 0 aliphatic carbocycles. The van der Waals surface area contributed by atoms with Crippen LogP contribution < -0.4 is 9.46 Å². The predicted molar refractivity (Wildman–Crippen MR) is 89.5 cm³/mol. The second-order valence-corrected chi connectivity index (χ2v) is 7.09. The average molecular weight is 340 g/mol. The maximum atomic E-state index is 12.6. The van der Waals surface area contributed by atoms with Gasteiger partial charge in [0.05, 0.1) is 17.7 Å². The quantitative estimate of drug-likeness (QED) is 0.913. The number of anilines is 1. The van der Waals surface area contributed by atoms with Gasteiger partial charge < -0.3 is 4.74 Å². The van der Waals surface area contributed by atoms with Crippen LogP contribution in [-0.2, 0) is 10.0 Å². The van der Waals surface area contributed by atoms with Crippen LogP contribution in [0.4, 0.5) is 5.69 Å². The summed E-state index contributed by atoms with van der Waals surface area (Å²) in [6.45, 7) is 5.36. The van der Waals surface area contributed by atoms with E-state index in [1.54, 1.807) is 51.3 Å². The van der Waals surface area contributed by atoms with E-state index in [1.165, 1.54) is 0 Å².